The Morgan fingerprint density at radius 1 is 1.35 bits per heavy atom. The topological polar surface area (TPSA) is 29.1 Å². The fourth-order valence-corrected chi connectivity index (χ4v) is 1.68. The molecule has 4 heteroatoms. The maximum absolute atomic E-state index is 13.0. The largest absolute Gasteiger partial charge is 0.352 e. The number of amides is 1. The zero-order valence-electron chi connectivity index (χ0n) is 9.93. The first kappa shape index (κ1) is 14.0. The minimum Gasteiger partial charge on any atom is -0.352 e. The van der Waals surface area contributed by atoms with Gasteiger partial charge in [-0.1, -0.05) is 6.42 Å². The van der Waals surface area contributed by atoms with Gasteiger partial charge in [0, 0.05) is 18.0 Å². The van der Waals surface area contributed by atoms with Crippen molar-refractivity contribution in [1.82, 2.24) is 5.32 Å². The van der Waals surface area contributed by atoms with E-state index in [0.717, 1.165) is 19.3 Å². The van der Waals surface area contributed by atoms with Crippen LogP contribution in [0.3, 0.4) is 0 Å². The second-order valence-corrected chi connectivity index (χ2v) is 4.35. The zero-order chi connectivity index (χ0) is 12.7. The first-order chi connectivity index (χ1) is 8.15. The summed E-state index contributed by atoms with van der Waals surface area (Å²) in [6.07, 6.45) is 2.89. The van der Waals surface area contributed by atoms with E-state index in [2.05, 4.69) is 5.32 Å². The van der Waals surface area contributed by atoms with Crippen molar-refractivity contribution in [3.05, 3.63) is 35.1 Å². The van der Waals surface area contributed by atoms with Crippen LogP contribution in [0.2, 0.25) is 0 Å². The van der Waals surface area contributed by atoms with Crippen molar-refractivity contribution in [2.24, 2.45) is 0 Å². The summed E-state index contributed by atoms with van der Waals surface area (Å²) in [7, 11) is 0. The van der Waals surface area contributed by atoms with Gasteiger partial charge in [0.1, 0.15) is 5.82 Å². The van der Waals surface area contributed by atoms with Gasteiger partial charge in [-0.15, -0.1) is 11.6 Å². The summed E-state index contributed by atoms with van der Waals surface area (Å²) in [5.74, 6) is 0.216. The summed E-state index contributed by atoms with van der Waals surface area (Å²) in [4.78, 5) is 11.7. The SMILES string of the molecule is Cc1cc(C(=O)NCCCCCCl)ccc1F. The molecule has 0 spiro atoms. The minimum atomic E-state index is -0.288. The third-order valence-corrected chi connectivity index (χ3v) is 2.78. The van der Waals surface area contributed by atoms with E-state index in [0.29, 0.717) is 23.6 Å². The maximum Gasteiger partial charge on any atom is 0.251 e. The molecule has 0 unspecified atom stereocenters. The fraction of sp³-hybridized carbons (Fsp3) is 0.462. The molecule has 0 fully saturated rings. The average molecular weight is 258 g/mol. The molecule has 0 radical (unpaired) electrons. The molecular weight excluding hydrogens is 241 g/mol. The molecule has 1 amide bonds. The van der Waals surface area contributed by atoms with Gasteiger partial charge >= 0.3 is 0 Å². The molecule has 1 aromatic carbocycles. The first-order valence-electron chi connectivity index (χ1n) is 5.75. The van der Waals surface area contributed by atoms with E-state index in [-0.39, 0.29) is 11.7 Å². The summed E-state index contributed by atoms with van der Waals surface area (Å²) < 4.78 is 13.0. The zero-order valence-corrected chi connectivity index (χ0v) is 10.7. The predicted molar refractivity (Wildman–Crippen MR) is 68.0 cm³/mol. The normalized spacial score (nSPS) is 10.3. The number of unbranched alkanes of at least 4 members (excludes halogenated alkanes) is 2. The molecule has 0 bridgehead atoms. The Balaban J connectivity index is 2.39. The molecule has 0 aromatic heterocycles. The van der Waals surface area contributed by atoms with E-state index >= 15 is 0 Å². The number of halogens is 2. The highest BCUT2D eigenvalue weighted by molar-refractivity contribution is 6.17. The number of hydrogen-bond acceptors (Lipinski definition) is 1. The lowest BCUT2D eigenvalue weighted by molar-refractivity contribution is 0.0953. The smallest absolute Gasteiger partial charge is 0.251 e. The quantitative estimate of drug-likeness (QED) is 0.615. The monoisotopic (exact) mass is 257 g/mol. The summed E-state index contributed by atoms with van der Waals surface area (Å²) in [6, 6.07) is 4.37. The van der Waals surface area contributed by atoms with Gasteiger partial charge < -0.3 is 5.32 Å². The number of carbonyl (C=O) groups excluding carboxylic acids is 1. The molecule has 0 saturated carbocycles. The number of alkyl halides is 1. The van der Waals surface area contributed by atoms with Gasteiger partial charge in [0.05, 0.1) is 0 Å². The predicted octanol–water partition coefficient (Wildman–Crippen LogP) is 3.27. The van der Waals surface area contributed by atoms with Gasteiger partial charge in [-0.05, 0) is 43.5 Å². The van der Waals surface area contributed by atoms with E-state index in [1.165, 1.54) is 12.1 Å². The number of hydrogen-bond donors (Lipinski definition) is 1. The number of nitrogens with one attached hydrogen (secondary N) is 1. The molecule has 0 heterocycles. The second-order valence-electron chi connectivity index (χ2n) is 3.97. The molecular formula is C13H17ClFNO. The third-order valence-electron chi connectivity index (χ3n) is 2.52. The minimum absolute atomic E-state index is 0.154. The van der Waals surface area contributed by atoms with Crippen LogP contribution in [-0.2, 0) is 0 Å². The van der Waals surface area contributed by atoms with Crippen LogP contribution in [-0.4, -0.2) is 18.3 Å². The number of benzene rings is 1. The van der Waals surface area contributed by atoms with Crippen molar-refractivity contribution in [2.45, 2.75) is 26.2 Å². The molecule has 1 N–H and O–H groups in total. The van der Waals surface area contributed by atoms with E-state index in [1.807, 2.05) is 0 Å². The van der Waals surface area contributed by atoms with Crippen LogP contribution < -0.4 is 5.32 Å². The van der Waals surface area contributed by atoms with Crippen LogP contribution in [0.1, 0.15) is 35.2 Å². The second kappa shape index (κ2) is 7.28. The lowest BCUT2D eigenvalue weighted by atomic mass is 10.1. The summed E-state index contributed by atoms with van der Waals surface area (Å²) >= 11 is 5.55. The molecule has 1 rings (SSSR count). The van der Waals surface area contributed by atoms with Crippen LogP contribution in [0.15, 0.2) is 18.2 Å². The first-order valence-corrected chi connectivity index (χ1v) is 6.29. The average Bonchev–Trinajstić information content (AvgIpc) is 2.32. The van der Waals surface area contributed by atoms with Gasteiger partial charge in [-0.2, -0.15) is 0 Å². The maximum atomic E-state index is 13.0. The van der Waals surface area contributed by atoms with E-state index in [1.54, 1.807) is 13.0 Å². The molecule has 0 aliphatic carbocycles. The number of carbonyl (C=O) groups is 1. The molecule has 0 aliphatic rings. The third kappa shape index (κ3) is 4.73. The number of rotatable bonds is 6. The van der Waals surface area contributed by atoms with E-state index in [4.69, 9.17) is 11.6 Å². The summed E-state index contributed by atoms with van der Waals surface area (Å²) in [5.41, 5.74) is 0.987. The standard InChI is InChI=1S/C13H17ClFNO/c1-10-9-11(5-6-12(10)15)13(17)16-8-4-2-3-7-14/h5-6,9H,2-4,7-8H2,1H3,(H,16,17). The lowest BCUT2D eigenvalue weighted by Crippen LogP contribution is -2.24. The Labute approximate surface area is 106 Å². The molecule has 0 atom stereocenters. The Morgan fingerprint density at radius 3 is 2.76 bits per heavy atom. The molecule has 0 saturated heterocycles. The van der Waals surface area contributed by atoms with Crippen molar-refractivity contribution in [3.63, 3.8) is 0 Å². The molecule has 17 heavy (non-hydrogen) atoms. The highest BCUT2D eigenvalue weighted by Crippen LogP contribution is 2.09. The van der Waals surface area contributed by atoms with Crippen molar-refractivity contribution in [1.29, 1.82) is 0 Å². The van der Waals surface area contributed by atoms with Crippen LogP contribution in [0.4, 0.5) is 4.39 Å². The van der Waals surface area contributed by atoms with Crippen LogP contribution in [0.25, 0.3) is 0 Å². The van der Waals surface area contributed by atoms with Gasteiger partial charge in [0.25, 0.3) is 5.91 Å². The van der Waals surface area contributed by atoms with Gasteiger partial charge in [0.2, 0.25) is 0 Å². The van der Waals surface area contributed by atoms with Crippen molar-refractivity contribution < 1.29 is 9.18 Å². The van der Waals surface area contributed by atoms with Gasteiger partial charge in [0.15, 0.2) is 0 Å². The molecule has 0 aliphatic heterocycles. The van der Waals surface area contributed by atoms with Gasteiger partial charge in [-0.3, -0.25) is 4.79 Å². The lowest BCUT2D eigenvalue weighted by Gasteiger charge is -2.06. The highest BCUT2D eigenvalue weighted by Gasteiger charge is 2.06. The van der Waals surface area contributed by atoms with Crippen molar-refractivity contribution in [2.75, 3.05) is 12.4 Å². The molecule has 2 nitrogen and oxygen atoms in total. The Kier molecular flexibility index (Phi) is 5.98. The summed E-state index contributed by atoms with van der Waals surface area (Å²) in [6.45, 7) is 2.28. The fourth-order valence-electron chi connectivity index (χ4n) is 1.49. The Bertz CT molecular complexity index is 382. The van der Waals surface area contributed by atoms with Crippen LogP contribution in [0.5, 0.6) is 0 Å². The van der Waals surface area contributed by atoms with E-state index < -0.39 is 0 Å². The van der Waals surface area contributed by atoms with E-state index in [9.17, 15) is 9.18 Å². The summed E-state index contributed by atoms with van der Waals surface area (Å²) in [5, 5.41) is 2.80. The van der Waals surface area contributed by atoms with Crippen LogP contribution >= 0.6 is 11.6 Å². The van der Waals surface area contributed by atoms with Crippen LogP contribution in [0, 0.1) is 12.7 Å². The molecule has 1 aromatic rings. The van der Waals surface area contributed by atoms with Gasteiger partial charge in [-0.25, -0.2) is 4.39 Å². The van der Waals surface area contributed by atoms with Crippen molar-refractivity contribution >= 4 is 17.5 Å². The highest BCUT2D eigenvalue weighted by atomic mass is 35.5. The van der Waals surface area contributed by atoms with Crippen molar-refractivity contribution in [3.8, 4) is 0 Å². The number of aryl methyl sites for hydroxylation is 1. The Hall–Kier alpha value is -1.09. The Morgan fingerprint density at radius 2 is 2.12 bits per heavy atom. The molecule has 94 valence electrons.